The Labute approximate surface area is 112 Å². The maximum Gasteiger partial charge on any atom is 0.323 e. The largest absolute Gasteiger partial charge is 0.468 e. The lowest BCUT2D eigenvalue weighted by atomic mass is 10.0. The first kappa shape index (κ1) is 15.1. The third-order valence-corrected chi connectivity index (χ3v) is 2.82. The maximum absolute atomic E-state index is 13.2. The number of halogens is 1. The van der Waals surface area contributed by atoms with Crippen LogP contribution in [0.15, 0.2) is 18.2 Å². The SMILES string of the molecule is COC(=O)C(NCc1cc(F)ccc1C#N)C(C)C. The van der Waals surface area contributed by atoms with Crippen LogP contribution < -0.4 is 5.32 Å². The minimum Gasteiger partial charge on any atom is -0.468 e. The Morgan fingerprint density at radius 3 is 2.74 bits per heavy atom. The zero-order chi connectivity index (χ0) is 14.4. The highest BCUT2D eigenvalue weighted by molar-refractivity contribution is 5.75. The predicted octanol–water partition coefficient (Wildman–Crippen LogP) is 1.98. The molecule has 1 aromatic carbocycles. The minimum absolute atomic E-state index is 0.0338. The number of nitriles is 1. The van der Waals surface area contributed by atoms with Crippen molar-refractivity contribution in [3.63, 3.8) is 0 Å². The Morgan fingerprint density at radius 1 is 1.53 bits per heavy atom. The summed E-state index contributed by atoms with van der Waals surface area (Å²) in [7, 11) is 1.32. The molecular weight excluding hydrogens is 247 g/mol. The van der Waals surface area contributed by atoms with Crippen molar-refractivity contribution >= 4 is 5.97 Å². The Bertz CT molecular complexity index is 495. The number of hydrogen-bond acceptors (Lipinski definition) is 4. The number of carbonyl (C=O) groups excluding carboxylic acids is 1. The van der Waals surface area contributed by atoms with Gasteiger partial charge in [0.1, 0.15) is 11.9 Å². The fourth-order valence-corrected chi connectivity index (χ4v) is 1.76. The number of benzene rings is 1. The predicted molar refractivity (Wildman–Crippen MR) is 68.6 cm³/mol. The van der Waals surface area contributed by atoms with Crippen molar-refractivity contribution in [3.8, 4) is 6.07 Å². The molecule has 0 aliphatic heterocycles. The van der Waals surface area contributed by atoms with Crippen LogP contribution in [-0.4, -0.2) is 19.1 Å². The summed E-state index contributed by atoms with van der Waals surface area (Å²) in [5.74, 6) is -0.744. The summed E-state index contributed by atoms with van der Waals surface area (Å²) in [6.45, 7) is 4.00. The molecule has 1 rings (SSSR count). The molecule has 0 amide bonds. The molecule has 0 radical (unpaired) electrons. The molecule has 0 aliphatic rings. The van der Waals surface area contributed by atoms with Crippen molar-refractivity contribution in [2.24, 2.45) is 5.92 Å². The summed E-state index contributed by atoms with van der Waals surface area (Å²) in [6, 6.07) is 5.47. The Morgan fingerprint density at radius 2 is 2.21 bits per heavy atom. The number of esters is 1. The van der Waals surface area contributed by atoms with E-state index < -0.39 is 11.9 Å². The lowest BCUT2D eigenvalue weighted by Crippen LogP contribution is -2.41. The highest BCUT2D eigenvalue weighted by Gasteiger charge is 2.22. The van der Waals surface area contributed by atoms with Gasteiger partial charge in [-0.1, -0.05) is 13.8 Å². The van der Waals surface area contributed by atoms with Crippen molar-refractivity contribution < 1.29 is 13.9 Å². The summed E-state index contributed by atoms with van der Waals surface area (Å²) in [5.41, 5.74) is 0.915. The normalized spacial score (nSPS) is 12.0. The zero-order valence-electron chi connectivity index (χ0n) is 11.2. The number of methoxy groups -OCH3 is 1. The molecule has 1 aromatic rings. The molecule has 1 N–H and O–H groups in total. The van der Waals surface area contributed by atoms with E-state index in [4.69, 9.17) is 10.00 Å². The summed E-state index contributed by atoms with van der Waals surface area (Å²) in [5, 5.41) is 11.9. The number of carbonyl (C=O) groups is 1. The van der Waals surface area contributed by atoms with Gasteiger partial charge in [-0.2, -0.15) is 5.26 Å². The lowest BCUT2D eigenvalue weighted by Gasteiger charge is -2.20. The molecule has 0 spiro atoms. The Hall–Kier alpha value is -1.93. The van der Waals surface area contributed by atoms with Crippen molar-refractivity contribution in [3.05, 3.63) is 35.1 Å². The van der Waals surface area contributed by atoms with Crippen molar-refractivity contribution in [1.29, 1.82) is 5.26 Å². The second-order valence-electron chi connectivity index (χ2n) is 4.54. The van der Waals surface area contributed by atoms with Crippen LogP contribution in [-0.2, 0) is 16.1 Å². The van der Waals surface area contributed by atoms with Crippen LogP contribution in [0.3, 0.4) is 0 Å². The monoisotopic (exact) mass is 264 g/mol. The third kappa shape index (κ3) is 4.04. The number of nitrogens with zero attached hydrogens (tertiary/aromatic N) is 1. The second kappa shape index (κ2) is 6.86. The standard InChI is InChI=1S/C14H17FN2O2/c1-9(2)13(14(18)19-3)17-8-11-6-12(15)5-4-10(11)7-16/h4-6,9,13,17H,8H2,1-3H3. The van der Waals surface area contributed by atoms with Crippen LogP contribution in [0.4, 0.5) is 4.39 Å². The maximum atomic E-state index is 13.2. The van der Waals surface area contributed by atoms with Crippen molar-refractivity contribution in [2.45, 2.75) is 26.4 Å². The summed E-state index contributed by atoms with van der Waals surface area (Å²) in [6.07, 6.45) is 0. The van der Waals surface area contributed by atoms with Crippen LogP contribution in [0.2, 0.25) is 0 Å². The molecule has 1 atom stereocenters. The van der Waals surface area contributed by atoms with Gasteiger partial charge in [0, 0.05) is 6.54 Å². The fraction of sp³-hybridized carbons (Fsp3) is 0.429. The van der Waals surface area contributed by atoms with E-state index in [-0.39, 0.29) is 18.4 Å². The van der Waals surface area contributed by atoms with Crippen molar-refractivity contribution in [2.75, 3.05) is 7.11 Å². The first-order valence-corrected chi connectivity index (χ1v) is 5.99. The van der Waals surface area contributed by atoms with Gasteiger partial charge >= 0.3 is 5.97 Å². The first-order chi connectivity index (χ1) is 8.99. The van der Waals surface area contributed by atoms with Gasteiger partial charge in [0.25, 0.3) is 0 Å². The van der Waals surface area contributed by atoms with Crippen LogP contribution in [0.5, 0.6) is 0 Å². The van der Waals surface area contributed by atoms with Crippen molar-refractivity contribution in [1.82, 2.24) is 5.32 Å². The summed E-state index contributed by atoms with van der Waals surface area (Å²) < 4.78 is 17.9. The first-order valence-electron chi connectivity index (χ1n) is 5.99. The number of rotatable bonds is 5. The Kier molecular flexibility index (Phi) is 5.46. The van der Waals surface area contributed by atoms with E-state index in [1.807, 2.05) is 19.9 Å². The fourth-order valence-electron chi connectivity index (χ4n) is 1.76. The topological polar surface area (TPSA) is 62.1 Å². The van der Waals surface area contributed by atoms with Gasteiger partial charge < -0.3 is 10.1 Å². The van der Waals surface area contributed by atoms with E-state index >= 15 is 0 Å². The van der Waals surface area contributed by atoms with E-state index in [9.17, 15) is 9.18 Å². The van der Waals surface area contributed by atoms with Gasteiger partial charge in [0.15, 0.2) is 0 Å². The van der Waals surface area contributed by atoms with Gasteiger partial charge in [-0.3, -0.25) is 4.79 Å². The highest BCUT2D eigenvalue weighted by Crippen LogP contribution is 2.12. The summed E-state index contributed by atoms with van der Waals surface area (Å²) in [4.78, 5) is 11.6. The molecule has 5 heteroatoms. The average molecular weight is 264 g/mol. The Balaban J connectivity index is 2.83. The van der Waals surface area contributed by atoms with E-state index in [0.29, 0.717) is 11.1 Å². The van der Waals surface area contributed by atoms with Gasteiger partial charge in [-0.15, -0.1) is 0 Å². The van der Waals surface area contributed by atoms with E-state index in [0.717, 1.165) is 0 Å². The molecule has 1 unspecified atom stereocenters. The molecule has 0 heterocycles. The van der Waals surface area contributed by atoms with Crippen LogP contribution >= 0.6 is 0 Å². The third-order valence-electron chi connectivity index (χ3n) is 2.82. The van der Waals surface area contributed by atoms with Crippen LogP contribution in [0.1, 0.15) is 25.0 Å². The van der Waals surface area contributed by atoms with Crippen LogP contribution in [0.25, 0.3) is 0 Å². The van der Waals surface area contributed by atoms with Crippen LogP contribution in [0, 0.1) is 23.1 Å². The molecule has 19 heavy (non-hydrogen) atoms. The van der Waals surface area contributed by atoms with Gasteiger partial charge in [-0.25, -0.2) is 4.39 Å². The average Bonchev–Trinajstić information content (AvgIpc) is 2.38. The number of ether oxygens (including phenoxy) is 1. The number of hydrogen-bond donors (Lipinski definition) is 1. The molecular formula is C14H17FN2O2. The smallest absolute Gasteiger partial charge is 0.323 e. The zero-order valence-corrected chi connectivity index (χ0v) is 11.2. The second-order valence-corrected chi connectivity index (χ2v) is 4.54. The molecule has 0 bridgehead atoms. The van der Waals surface area contributed by atoms with Gasteiger partial charge in [0.05, 0.1) is 18.7 Å². The molecule has 102 valence electrons. The molecule has 0 aromatic heterocycles. The molecule has 0 saturated carbocycles. The molecule has 0 aliphatic carbocycles. The quantitative estimate of drug-likeness (QED) is 0.826. The molecule has 0 saturated heterocycles. The summed E-state index contributed by atoms with van der Waals surface area (Å²) >= 11 is 0. The minimum atomic E-state index is -0.486. The molecule has 4 nitrogen and oxygen atoms in total. The van der Waals surface area contributed by atoms with Gasteiger partial charge in [0.2, 0.25) is 0 Å². The van der Waals surface area contributed by atoms with E-state index in [2.05, 4.69) is 5.32 Å². The van der Waals surface area contributed by atoms with Gasteiger partial charge in [-0.05, 0) is 29.7 Å². The lowest BCUT2D eigenvalue weighted by molar-refractivity contribution is -0.144. The highest BCUT2D eigenvalue weighted by atomic mass is 19.1. The van der Waals surface area contributed by atoms with E-state index in [1.165, 1.54) is 25.3 Å². The molecule has 0 fully saturated rings. The number of nitrogens with one attached hydrogen (secondary N) is 1. The van der Waals surface area contributed by atoms with E-state index in [1.54, 1.807) is 0 Å².